The van der Waals surface area contributed by atoms with Crippen LogP contribution >= 0.6 is 12.2 Å². The highest BCUT2D eigenvalue weighted by Gasteiger charge is 2.13. The number of pyridine rings is 1. The van der Waals surface area contributed by atoms with Crippen molar-refractivity contribution in [3.63, 3.8) is 0 Å². The molecule has 2 rings (SSSR count). The summed E-state index contributed by atoms with van der Waals surface area (Å²) in [5.74, 6) is 0.702. The summed E-state index contributed by atoms with van der Waals surface area (Å²) < 4.78 is 5.94. The van der Waals surface area contributed by atoms with Crippen molar-refractivity contribution in [1.29, 1.82) is 0 Å². The molecule has 0 fully saturated rings. The molecule has 0 amide bonds. The zero-order valence-corrected chi connectivity index (χ0v) is 10.8. The molecule has 0 saturated carbocycles. The van der Waals surface area contributed by atoms with Gasteiger partial charge in [0.15, 0.2) is 0 Å². The van der Waals surface area contributed by atoms with Crippen LogP contribution < -0.4 is 4.74 Å². The van der Waals surface area contributed by atoms with E-state index in [4.69, 9.17) is 17.0 Å². The number of aromatic nitrogens is 3. The van der Waals surface area contributed by atoms with E-state index in [0.29, 0.717) is 10.4 Å². The Kier molecular flexibility index (Phi) is 3.19. The smallest absolute Gasteiger partial charge is 0.146 e. The van der Waals surface area contributed by atoms with Crippen molar-refractivity contribution in [1.82, 2.24) is 15.2 Å². The van der Waals surface area contributed by atoms with Crippen LogP contribution in [0.1, 0.15) is 11.1 Å². The van der Waals surface area contributed by atoms with Crippen LogP contribution in [-0.2, 0) is 0 Å². The molecule has 0 atom stereocenters. The van der Waals surface area contributed by atoms with Gasteiger partial charge in [-0.25, -0.2) is 0 Å². The number of hydrogen-bond donors (Lipinski definition) is 1. The molecule has 88 valence electrons. The Morgan fingerprint density at radius 3 is 2.71 bits per heavy atom. The molecule has 17 heavy (non-hydrogen) atoms. The van der Waals surface area contributed by atoms with Crippen LogP contribution in [0.3, 0.4) is 0 Å². The number of aromatic amines is 1. The van der Waals surface area contributed by atoms with Gasteiger partial charge in [-0.15, -0.1) is 0 Å². The van der Waals surface area contributed by atoms with E-state index in [9.17, 15) is 0 Å². The van der Waals surface area contributed by atoms with Gasteiger partial charge < -0.3 is 4.74 Å². The van der Waals surface area contributed by atoms with Crippen LogP contribution in [0.25, 0.3) is 11.4 Å². The predicted molar refractivity (Wildman–Crippen MR) is 68.7 cm³/mol. The summed E-state index contributed by atoms with van der Waals surface area (Å²) in [7, 11) is 1.62. The zero-order chi connectivity index (χ0) is 12.4. The van der Waals surface area contributed by atoms with Crippen LogP contribution in [0.15, 0.2) is 18.3 Å². The Hall–Kier alpha value is -1.75. The van der Waals surface area contributed by atoms with Gasteiger partial charge in [-0.1, -0.05) is 12.2 Å². The molecule has 0 bridgehead atoms. The van der Waals surface area contributed by atoms with Gasteiger partial charge in [-0.05, 0) is 37.1 Å². The second-order valence-electron chi connectivity index (χ2n) is 3.71. The van der Waals surface area contributed by atoms with E-state index in [2.05, 4.69) is 15.2 Å². The molecule has 0 aliphatic heterocycles. The van der Waals surface area contributed by atoms with Gasteiger partial charge in [0.1, 0.15) is 21.8 Å². The SMILES string of the molecule is COc1cccnc1-c1n[nH]c(=S)c(C)c1C. The van der Waals surface area contributed by atoms with Crippen LogP contribution in [0, 0.1) is 18.5 Å². The maximum atomic E-state index is 5.28. The molecule has 2 aromatic heterocycles. The Morgan fingerprint density at radius 2 is 2.00 bits per heavy atom. The number of rotatable bonds is 2. The first-order chi connectivity index (χ1) is 8.15. The van der Waals surface area contributed by atoms with E-state index >= 15 is 0 Å². The minimum atomic E-state index is 0.654. The number of ether oxygens (including phenoxy) is 1. The fourth-order valence-corrected chi connectivity index (χ4v) is 1.78. The minimum absolute atomic E-state index is 0.654. The summed E-state index contributed by atoms with van der Waals surface area (Å²) >= 11 is 5.14. The lowest BCUT2D eigenvalue weighted by Gasteiger charge is -2.10. The monoisotopic (exact) mass is 247 g/mol. The largest absolute Gasteiger partial charge is 0.494 e. The fourth-order valence-electron chi connectivity index (χ4n) is 1.59. The Balaban J connectivity index is 2.69. The first kappa shape index (κ1) is 11.7. The predicted octanol–water partition coefficient (Wildman–Crippen LogP) is 2.83. The van der Waals surface area contributed by atoms with Gasteiger partial charge in [0.05, 0.1) is 7.11 Å². The minimum Gasteiger partial charge on any atom is -0.494 e. The number of methoxy groups -OCH3 is 1. The number of nitrogens with zero attached hydrogens (tertiary/aromatic N) is 2. The molecule has 4 nitrogen and oxygen atoms in total. The number of H-pyrrole nitrogens is 1. The van der Waals surface area contributed by atoms with Crippen molar-refractivity contribution in [3.8, 4) is 17.1 Å². The third kappa shape index (κ3) is 2.06. The summed E-state index contributed by atoms with van der Waals surface area (Å²) in [6, 6.07) is 3.69. The van der Waals surface area contributed by atoms with Crippen molar-refractivity contribution >= 4 is 12.2 Å². The lowest BCUT2D eigenvalue weighted by molar-refractivity contribution is 0.414. The van der Waals surface area contributed by atoms with Gasteiger partial charge in [0.2, 0.25) is 0 Å². The third-order valence-corrected chi connectivity index (χ3v) is 3.14. The maximum Gasteiger partial charge on any atom is 0.146 e. The van der Waals surface area contributed by atoms with Gasteiger partial charge in [-0.2, -0.15) is 5.10 Å². The first-order valence-corrected chi connectivity index (χ1v) is 5.61. The van der Waals surface area contributed by atoms with Crippen LogP contribution in [0.2, 0.25) is 0 Å². The molecular weight excluding hydrogens is 234 g/mol. The second-order valence-corrected chi connectivity index (χ2v) is 4.11. The molecule has 1 N–H and O–H groups in total. The van der Waals surface area contributed by atoms with E-state index in [1.807, 2.05) is 26.0 Å². The van der Waals surface area contributed by atoms with E-state index in [0.717, 1.165) is 22.5 Å². The summed E-state index contributed by atoms with van der Waals surface area (Å²) in [6.45, 7) is 3.95. The van der Waals surface area contributed by atoms with Crippen LogP contribution in [0.4, 0.5) is 0 Å². The number of hydrogen-bond acceptors (Lipinski definition) is 4. The van der Waals surface area contributed by atoms with E-state index in [-0.39, 0.29) is 0 Å². The lowest BCUT2D eigenvalue weighted by atomic mass is 10.1. The Labute approximate surface area is 105 Å². The second kappa shape index (κ2) is 4.63. The lowest BCUT2D eigenvalue weighted by Crippen LogP contribution is -1.99. The van der Waals surface area contributed by atoms with Crippen molar-refractivity contribution in [2.24, 2.45) is 0 Å². The van der Waals surface area contributed by atoms with Crippen molar-refractivity contribution in [2.75, 3.05) is 7.11 Å². The third-order valence-electron chi connectivity index (χ3n) is 2.74. The van der Waals surface area contributed by atoms with Gasteiger partial charge in [0, 0.05) is 6.20 Å². The standard InChI is InChI=1S/C12H13N3OS/c1-7-8(2)12(17)15-14-10(7)11-9(16-3)5-4-6-13-11/h4-6H,1-3H3,(H,15,17). The van der Waals surface area contributed by atoms with Gasteiger partial charge in [-0.3, -0.25) is 10.1 Å². The van der Waals surface area contributed by atoms with Crippen molar-refractivity contribution < 1.29 is 4.74 Å². The van der Waals surface area contributed by atoms with Crippen LogP contribution in [0.5, 0.6) is 5.75 Å². The molecule has 0 aliphatic carbocycles. The highest BCUT2D eigenvalue weighted by atomic mass is 32.1. The Morgan fingerprint density at radius 1 is 1.24 bits per heavy atom. The molecule has 0 aromatic carbocycles. The van der Waals surface area contributed by atoms with Gasteiger partial charge >= 0.3 is 0 Å². The normalized spacial score (nSPS) is 10.3. The van der Waals surface area contributed by atoms with E-state index < -0.39 is 0 Å². The molecule has 5 heteroatoms. The quantitative estimate of drug-likeness (QED) is 0.829. The molecule has 2 heterocycles. The molecular formula is C12H13N3OS. The maximum absolute atomic E-state index is 5.28. The average Bonchev–Trinajstić information content (AvgIpc) is 2.36. The number of nitrogens with one attached hydrogen (secondary N) is 1. The molecule has 0 spiro atoms. The molecule has 2 aromatic rings. The molecule has 0 saturated heterocycles. The fraction of sp³-hybridized carbons (Fsp3) is 0.250. The van der Waals surface area contributed by atoms with Crippen LogP contribution in [-0.4, -0.2) is 22.3 Å². The summed E-state index contributed by atoms with van der Waals surface area (Å²) in [5.41, 5.74) is 3.53. The average molecular weight is 247 g/mol. The zero-order valence-electron chi connectivity index (χ0n) is 9.94. The molecule has 0 aliphatic rings. The highest BCUT2D eigenvalue weighted by molar-refractivity contribution is 7.71. The summed E-state index contributed by atoms with van der Waals surface area (Å²) in [4.78, 5) is 4.31. The van der Waals surface area contributed by atoms with Gasteiger partial charge in [0.25, 0.3) is 0 Å². The first-order valence-electron chi connectivity index (χ1n) is 5.20. The summed E-state index contributed by atoms with van der Waals surface area (Å²) in [6.07, 6.45) is 1.72. The summed E-state index contributed by atoms with van der Waals surface area (Å²) in [5, 5.41) is 7.07. The van der Waals surface area contributed by atoms with E-state index in [1.54, 1.807) is 13.3 Å². The molecule has 0 unspecified atom stereocenters. The topological polar surface area (TPSA) is 50.8 Å². The van der Waals surface area contributed by atoms with E-state index in [1.165, 1.54) is 0 Å². The molecule has 0 radical (unpaired) electrons. The highest BCUT2D eigenvalue weighted by Crippen LogP contribution is 2.28. The van der Waals surface area contributed by atoms with Crippen molar-refractivity contribution in [2.45, 2.75) is 13.8 Å². The van der Waals surface area contributed by atoms with Crippen molar-refractivity contribution in [3.05, 3.63) is 34.1 Å². The Bertz CT molecular complexity index is 607.